The van der Waals surface area contributed by atoms with Gasteiger partial charge in [-0.2, -0.15) is 0 Å². The van der Waals surface area contributed by atoms with Crippen LogP contribution >= 0.6 is 0 Å². The highest BCUT2D eigenvalue weighted by Gasteiger charge is 2.33. The Balaban J connectivity index is 2.27. The van der Waals surface area contributed by atoms with E-state index in [9.17, 15) is 17.6 Å². The summed E-state index contributed by atoms with van der Waals surface area (Å²) in [6.07, 6.45) is 1.02. The molecular weight excluding hydrogens is 321 g/mol. The number of hydrogen-bond donors (Lipinski definition) is 0. The number of piperazine rings is 1. The van der Waals surface area contributed by atoms with Crippen molar-refractivity contribution in [3.8, 4) is 0 Å². The predicted molar refractivity (Wildman–Crippen MR) is 87.3 cm³/mol. The van der Waals surface area contributed by atoms with Crippen LogP contribution in [0.2, 0.25) is 0 Å². The van der Waals surface area contributed by atoms with Gasteiger partial charge in [0.25, 0.3) is 0 Å². The van der Waals surface area contributed by atoms with Crippen molar-refractivity contribution in [2.75, 3.05) is 43.8 Å². The highest BCUT2D eigenvalue weighted by Crippen LogP contribution is 2.22. The van der Waals surface area contributed by atoms with Crippen LogP contribution in [0.25, 0.3) is 0 Å². The first-order valence-corrected chi connectivity index (χ1v) is 9.27. The van der Waals surface area contributed by atoms with Gasteiger partial charge in [0.05, 0.1) is 11.9 Å². The third kappa shape index (κ3) is 4.20. The minimum atomic E-state index is -3.72. The molecule has 0 N–H and O–H groups in total. The number of hydrogen-bond acceptors (Lipinski definition) is 4. The summed E-state index contributed by atoms with van der Waals surface area (Å²) in [5, 5.41) is 0. The Bertz CT molecular complexity index is 672. The minimum Gasteiger partial charge on any atom is -0.338 e. The maximum Gasteiger partial charge on any atom is 0.246 e. The van der Waals surface area contributed by atoms with E-state index in [0.29, 0.717) is 13.1 Å². The number of rotatable bonds is 4. The second-order valence-electron chi connectivity index (χ2n) is 5.84. The summed E-state index contributed by atoms with van der Waals surface area (Å²) in [5.74, 6) is -0.816. The zero-order chi connectivity index (χ0) is 17.2. The fraction of sp³-hybridized carbons (Fsp3) is 0.533. The Morgan fingerprint density at radius 2 is 1.87 bits per heavy atom. The van der Waals surface area contributed by atoms with E-state index in [4.69, 9.17) is 0 Å². The Hall–Kier alpha value is -1.67. The van der Waals surface area contributed by atoms with E-state index < -0.39 is 21.9 Å². The standard InChI is InChI=1S/C15H22FN3O3S/c1-12(15(20)18-9-7-17(2)8-10-18)19(23(3,21)22)14-6-4-5-13(16)11-14/h4-6,11-12H,7-10H2,1-3H3/t12-/m1/s1. The number of carbonyl (C=O) groups excluding carboxylic acids is 1. The third-order valence-corrected chi connectivity index (χ3v) is 5.19. The van der Waals surface area contributed by atoms with E-state index in [-0.39, 0.29) is 11.6 Å². The molecular formula is C15H22FN3O3S. The SMILES string of the molecule is C[C@H](C(=O)N1CCN(C)CC1)N(c1cccc(F)c1)S(C)(=O)=O. The van der Waals surface area contributed by atoms with Crippen LogP contribution < -0.4 is 4.31 Å². The average molecular weight is 343 g/mol. The van der Waals surface area contributed by atoms with Crippen molar-refractivity contribution in [2.45, 2.75) is 13.0 Å². The number of likely N-dealkylation sites (N-methyl/N-ethyl adjacent to an activating group) is 1. The molecule has 0 aliphatic carbocycles. The van der Waals surface area contributed by atoms with Crippen molar-refractivity contribution in [2.24, 2.45) is 0 Å². The molecule has 1 heterocycles. The van der Waals surface area contributed by atoms with Gasteiger partial charge in [0, 0.05) is 26.2 Å². The number of carbonyl (C=O) groups is 1. The van der Waals surface area contributed by atoms with Gasteiger partial charge in [-0.05, 0) is 32.2 Å². The van der Waals surface area contributed by atoms with Gasteiger partial charge in [-0.15, -0.1) is 0 Å². The minimum absolute atomic E-state index is 0.155. The molecule has 0 radical (unpaired) electrons. The van der Waals surface area contributed by atoms with Gasteiger partial charge >= 0.3 is 0 Å². The molecule has 1 aliphatic heterocycles. The molecule has 1 saturated heterocycles. The van der Waals surface area contributed by atoms with Crippen LogP contribution in [0.5, 0.6) is 0 Å². The molecule has 23 heavy (non-hydrogen) atoms. The first-order chi connectivity index (χ1) is 10.7. The first kappa shape index (κ1) is 17.7. The van der Waals surface area contributed by atoms with Crippen molar-refractivity contribution in [1.82, 2.24) is 9.80 Å². The number of benzene rings is 1. The number of nitrogens with zero attached hydrogens (tertiary/aromatic N) is 3. The van der Waals surface area contributed by atoms with Gasteiger partial charge in [0.1, 0.15) is 11.9 Å². The van der Waals surface area contributed by atoms with Crippen LogP contribution in [0.1, 0.15) is 6.92 Å². The largest absolute Gasteiger partial charge is 0.338 e. The fourth-order valence-electron chi connectivity index (χ4n) is 2.71. The lowest BCUT2D eigenvalue weighted by Crippen LogP contribution is -2.54. The van der Waals surface area contributed by atoms with Gasteiger partial charge < -0.3 is 9.80 Å². The van der Waals surface area contributed by atoms with Crippen molar-refractivity contribution in [3.63, 3.8) is 0 Å². The number of sulfonamides is 1. The van der Waals surface area contributed by atoms with E-state index in [1.165, 1.54) is 25.1 Å². The van der Waals surface area contributed by atoms with Crippen LogP contribution in [-0.2, 0) is 14.8 Å². The van der Waals surface area contributed by atoms with Crippen molar-refractivity contribution in [3.05, 3.63) is 30.1 Å². The third-order valence-electron chi connectivity index (χ3n) is 3.94. The molecule has 8 heteroatoms. The molecule has 0 unspecified atom stereocenters. The van der Waals surface area contributed by atoms with Crippen LogP contribution in [0, 0.1) is 5.82 Å². The second kappa shape index (κ2) is 6.84. The summed E-state index contributed by atoms with van der Waals surface area (Å²) < 4.78 is 38.7. The monoisotopic (exact) mass is 343 g/mol. The molecule has 1 aliphatic rings. The van der Waals surface area contributed by atoms with Gasteiger partial charge in [0.2, 0.25) is 15.9 Å². The van der Waals surface area contributed by atoms with Gasteiger partial charge in [-0.1, -0.05) is 6.07 Å². The molecule has 1 aromatic rings. The van der Waals surface area contributed by atoms with Crippen molar-refractivity contribution >= 4 is 21.6 Å². The lowest BCUT2D eigenvalue weighted by molar-refractivity contribution is -0.133. The van der Waals surface area contributed by atoms with Crippen LogP contribution in [0.4, 0.5) is 10.1 Å². The molecule has 0 spiro atoms. The summed E-state index contributed by atoms with van der Waals surface area (Å²) >= 11 is 0. The Morgan fingerprint density at radius 1 is 1.26 bits per heavy atom. The Kier molecular flexibility index (Phi) is 5.26. The smallest absolute Gasteiger partial charge is 0.246 e. The van der Waals surface area contributed by atoms with E-state index in [0.717, 1.165) is 29.7 Å². The summed E-state index contributed by atoms with van der Waals surface area (Å²) in [6, 6.07) is 4.34. The summed E-state index contributed by atoms with van der Waals surface area (Å²) in [7, 11) is -1.75. The van der Waals surface area contributed by atoms with Crippen molar-refractivity contribution in [1.29, 1.82) is 0 Å². The zero-order valence-electron chi connectivity index (χ0n) is 13.6. The lowest BCUT2D eigenvalue weighted by atomic mass is 10.2. The number of halogens is 1. The molecule has 0 aromatic heterocycles. The zero-order valence-corrected chi connectivity index (χ0v) is 14.4. The lowest BCUT2D eigenvalue weighted by Gasteiger charge is -2.36. The van der Waals surface area contributed by atoms with Gasteiger partial charge in [0.15, 0.2) is 0 Å². The summed E-state index contributed by atoms with van der Waals surface area (Å²) in [4.78, 5) is 16.4. The van der Waals surface area contributed by atoms with E-state index >= 15 is 0 Å². The van der Waals surface area contributed by atoms with E-state index in [1.807, 2.05) is 7.05 Å². The average Bonchev–Trinajstić information content (AvgIpc) is 2.46. The van der Waals surface area contributed by atoms with Crippen LogP contribution in [0.3, 0.4) is 0 Å². The highest BCUT2D eigenvalue weighted by atomic mass is 32.2. The quantitative estimate of drug-likeness (QED) is 0.810. The molecule has 1 amide bonds. The highest BCUT2D eigenvalue weighted by molar-refractivity contribution is 7.92. The van der Waals surface area contributed by atoms with Crippen LogP contribution in [-0.4, -0.2) is 69.6 Å². The van der Waals surface area contributed by atoms with Crippen molar-refractivity contribution < 1.29 is 17.6 Å². The Labute approximate surface area is 136 Å². The predicted octanol–water partition coefficient (Wildman–Crippen LogP) is 0.754. The number of amides is 1. The molecule has 6 nitrogen and oxygen atoms in total. The Morgan fingerprint density at radius 3 is 2.39 bits per heavy atom. The van der Waals surface area contributed by atoms with Gasteiger partial charge in [-0.3, -0.25) is 9.10 Å². The molecule has 1 aromatic carbocycles. The molecule has 128 valence electrons. The molecule has 1 atom stereocenters. The fourth-order valence-corrected chi connectivity index (χ4v) is 3.87. The summed E-state index contributed by atoms with van der Waals surface area (Å²) in [6.45, 7) is 4.14. The number of anilines is 1. The van der Waals surface area contributed by atoms with Crippen LogP contribution in [0.15, 0.2) is 24.3 Å². The maximum atomic E-state index is 13.5. The normalized spacial score (nSPS) is 17.8. The maximum absolute atomic E-state index is 13.5. The molecule has 0 bridgehead atoms. The van der Waals surface area contributed by atoms with E-state index in [2.05, 4.69) is 4.90 Å². The molecule has 1 fully saturated rings. The second-order valence-corrected chi connectivity index (χ2v) is 7.70. The summed E-state index contributed by atoms with van der Waals surface area (Å²) in [5.41, 5.74) is 0.155. The van der Waals surface area contributed by atoms with Gasteiger partial charge in [-0.25, -0.2) is 12.8 Å². The van der Waals surface area contributed by atoms with E-state index in [1.54, 1.807) is 4.90 Å². The first-order valence-electron chi connectivity index (χ1n) is 7.42. The molecule has 2 rings (SSSR count). The topological polar surface area (TPSA) is 60.9 Å². The molecule has 0 saturated carbocycles.